The first-order chi connectivity index (χ1) is 8.81. The average molecular weight is 269 g/mol. The van der Waals surface area contributed by atoms with E-state index < -0.39 is 0 Å². The third-order valence-electron chi connectivity index (χ3n) is 3.44. The Morgan fingerprint density at radius 1 is 1.28 bits per heavy atom. The second-order valence-corrected chi connectivity index (χ2v) is 6.11. The number of thiophene rings is 1. The Balaban J connectivity index is 1.76. The van der Waals surface area contributed by atoms with Crippen LogP contribution in [0.4, 0.5) is 0 Å². The van der Waals surface area contributed by atoms with E-state index in [-0.39, 0.29) is 0 Å². The SMILES string of the molecule is CNCc1ccc(COC2CCCC(OC)C2)s1. The van der Waals surface area contributed by atoms with Gasteiger partial charge in [-0.15, -0.1) is 11.3 Å². The van der Waals surface area contributed by atoms with E-state index in [9.17, 15) is 0 Å². The van der Waals surface area contributed by atoms with Gasteiger partial charge < -0.3 is 14.8 Å². The molecule has 0 aromatic carbocycles. The van der Waals surface area contributed by atoms with Crippen LogP contribution in [-0.4, -0.2) is 26.4 Å². The summed E-state index contributed by atoms with van der Waals surface area (Å²) in [6.45, 7) is 1.69. The van der Waals surface area contributed by atoms with Gasteiger partial charge in [0.2, 0.25) is 0 Å². The van der Waals surface area contributed by atoms with Crippen molar-refractivity contribution in [2.24, 2.45) is 0 Å². The molecule has 2 unspecified atom stereocenters. The summed E-state index contributed by atoms with van der Waals surface area (Å²) >= 11 is 1.83. The lowest BCUT2D eigenvalue weighted by molar-refractivity contribution is -0.0356. The first-order valence-electron chi connectivity index (χ1n) is 6.68. The molecule has 18 heavy (non-hydrogen) atoms. The van der Waals surface area contributed by atoms with Gasteiger partial charge in [0.05, 0.1) is 18.8 Å². The van der Waals surface area contributed by atoms with Gasteiger partial charge >= 0.3 is 0 Å². The summed E-state index contributed by atoms with van der Waals surface area (Å²) in [5.74, 6) is 0. The molecule has 1 aromatic heterocycles. The van der Waals surface area contributed by atoms with Gasteiger partial charge in [-0.1, -0.05) is 0 Å². The van der Waals surface area contributed by atoms with Crippen LogP contribution in [0.2, 0.25) is 0 Å². The Morgan fingerprint density at radius 2 is 2.06 bits per heavy atom. The fourth-order valence-corrected chi connectivity index (χ4v) is 3.39. The second kappa shape index (κ2) is 7.24. The van der Waals surface area contributed by atoms with E-state index in [1.165, 1.54) is 29.0 Å². The summed E-state index contributed by atoms with van der Waals surface area (Å²) in [5.41, 5.74) is 0. The molecular weight excluding hydrogens is 246 g/mol. The summed E-state index contributed by atoms with van der Waals surface area (Å²) in [7, 11) is 3.78. The highest BCUT2D eigenvalue weighted by Crippen LogP contribution is 2.25. The molecule has 0 aliphatic heterocycles. The molecule has 1 N–H and O–H groups in total. The van der Waals surface area contributed by atoms with Gasteiger partial charge in [-0.3, -0.25) is 0 Å². The highest BCUT2D eigenvalue weighted by atomic mass is 32.1. The number of rotatable bonds is 6. The van der Waals surface area contributed by atoms with Crippen LogP contribution in [0.3, 0.4) is 0 Å². The largest absolute Gasteiger partial charge is 0.381 e. The predicted octanol–water partition coefficient (Wildman–Crippen LogP) is 2.94. The van der Waals surface area contributed by atoms with E-state index in [2.05, 4.69) is 17.4 Å². The van der Waals surface area contributed by atoms with Crippen LogP contribution in [-0.2, 0) is 22.6 Å². The smallest absolute Gasteiger partial charge is 0.0813 e. The van der Waals surface area contributed by atoms with E-state index in [1.54, 1.807) is 7.11 Å². The highest BCUT2D eigenvalue weighted by Gasteiger charge is 2.22. The molecule has 102 valence electrons. The molecule has 1 aliphatic carbocycles. The first-order valence-corrected chi connectivity index (χ1v) is 7.50. The van der Waals surface area contributed by atoms with Gasteiger partial charge in [-0.2, -0.15) is 0 Å². The number of hydrogen-bond acceptors (Lipinski definition) is 4. The molecule has 0 bridgehead atoms. The van der Waals surface area contributed by atoms with Gasteiger partial charge in [0.15, 0.2) is 0 Å². The van der Waals surface area contributed by atoms with Gasteiger partial charge in [0, 0.05) is 23.4 Å². The van der Waals surface area contributed by atoms with Gasteiger partial charge in [-0.25, -0.2) is 0 Å². The quantitative estimate of drug-likeness (QED) is 0.861. The minimum absolute atomic E-state index is 0.374. The average Bonchev–Trinajstić information content (AvgIpc) is 2.85. The Labute approximate surface area is 113 Å². The fraction of sp³-hybridized carbons (Fsp3) is 0.714. The van der Waals surface area contributed by atoms with Crippen LogP contribution >= 0.6 is 11.3 Å². The van der Waals surface area contributed by atoms with Crippen molar-refractivity contribution in [3.8, 4) is 0 Å². The Hall–Kier alpha value is -0.420. The molecule has 2 rings (SSSR count). The summed E-state index contributed by atoms with van der Waals surface area (Å²) in [5, 5.41) is 3.17. The molecule has 1 aromatic rings. The van der Waals surface area contributed by atoms with Crippen molar-refractivity contribution >= 4 is 11.3 Å². The summed E-state index contributed by atoms with van der Waals surface area (Å²) in [4.78, 5) is 2.69. The number of methoxy groups -OCH3 is 1. The first kappa shape index (κ1) is 14.0. The van der Waals surface area contributed by atoms with Crippen LogP contribution in [0.5, 0.6) is 0 Å². The van der Waals surface area contributed by atoms with Crippen LogP contribution < -0.4 is 5.32 Å². The van der Waals surface area contributed by atoms with Gasteiger partial charge in [-0.05, 0) is 44.9 Å². The fourth-order valence-electron chi connectivity index (χ4n) is 2.44. The monoisotopic (exact) mass is 269 g/mol. The molecule has 1 fully saturated rings. The van der Waals surface area contributed by atoms with Crippen molar-refractivity contribution in [2.45, 2.75) is 51.0 Å². The highest BCUT2D eigenvalue weighted by molar-refractivity contribution is 7.11. The van der Waals surface area contributed by atoms with Crippen LogP contribution in [0, 0.1) is 0 Å². The maximum atomic E-state index is 6.00. The van der Waals surface area contributed by atoms with E-state index in [1.807, 2.05) is 18.4 Å². The molecule has 4 heteroatoms. The minimum atomic E-state index is 0.374. The van der Waals surface area contributed by atoms with Crippen molar-refractivity contribution in [3.63, 3.8) is 0 Å². The lowest BCUT2D eigenvalue weighted by atomic mass is 9.95. The summed E-state index contributed by atoms with van der Waals surface area (Å²) in [6.07, 6.45) is 5.39. The zero-order valence-corrected chi connectivity index (χ0v) is 12.1. The number of ether oxygens (including phenoxy) is 2. The Bertz CT molecular complexity index is 353. The van der Waals surface area contributed by atoms with E-state index in [0.29, 0.717) is 12.2 Å². The van der Waals surface area contributed by atoms with Gasteiger partial charge in [0.1, 0.15) is 0 Å². The van der Waals surface area contributed by atoms with Crippen molar-refractivity contribution in [3.05, 3.63) is 21.9 Å². The molecule has 1 aliphatic rings. The van der Waals surface area contributed by atoms with E-state index >= 15 is 0 Å². The number of nitrogens with one attached hydrogen (secondary N) is 1. The normalized spacial score (nSPS) is 24.3. The molecule has 3 nitrogen and oxygen atoms in total. The maximum Gasteiger partial charge on any atom is 0.0813 e. The molecule has 0 saturated heterocycles. The number of hydrogen-bond donors (Lipinski definition) is 1. The zero-order valence-electron chi connectivity index (χ0n) is 11.3. The minimum Gasteiger partial charge on any atom is -0.381 e. The van der Waals surface area contributed by atoms with Crippen molar-refractivity contribution in [1.82, 2.24) is 5.32 Å². The lowest BCUT2D eigenvalue weighted by Gasteiger charge is -2.28. The van der Waals surface area contributed by atoms with E-state index in [0.717, 1.165) is 19.6 Å². The van der Waals surface area contributed by atoms with E-state index in [4.69, 9.17) is 9.47 Å². The van der Waals surface area contributed by atoms with Crippen LogP contribution in [0.25, 0.3) is 0 Å². The van der Waals surface area contributed by atoms with Crippen molar-refractivity contribution in [2.75, 3.05) is 14.2 Å². The van der Waals surface area contributed by atoms with Crippen molar-refractivity contribution in [1.29, 1.82) is 0 Å². The molecule has 0 radical (unpaired) electrons. The Kier molecular flexibility index (Phi) is 5.63. The third kappa shape index (κ3) is 4.05. The Morgan fingerprint density at radius 3 is 2.83 bits per heavy atom. The second-order valence-electron chi connectivity index (χ2n) is 4.86. The summed E-state index contributed by atoms with van der Waals surface area (Å²) < 4.78 is 11.4. The third-order valence-corrected chi connectivity index (χ3v) is 4.50. The summed E-state index contributed by atoms with van der Waals surface area (Å²) in [6, 6.07) is 4.35. The molecular formula is C14H23NO2S. The molecule has 1 saturated carbocycles. The molecule has 1 heterocycles. The lowest BCUT2D eigenvalue weighted by Crippen LogP contribution is -2.27. The maximum absolute atomic E-state index is 6.00. The van der Waals surface area contributed by atoms with Crippen LogP contribution in [0.1, 0.15) is 35.4 Å². The molecule has 0 spiro atoms. The molecule has 0 amide bonds. The van der Waals surface area contributed by atoms with Crippen molar-refractivity contribution < 1.29 is 9.47 Å². The molecule has 2 atom stereocenters. The van der Waals surface area contributed by atoms with Gasteiger partial charge in [0.25, 0.3) is 0 Å². The zero-order chi connectivity index (χ0) is 12.8. The topological polar surface area (TPSA) is 30.5 Å². The standard InChI is InChI=1S/C14H23NO2S/c1-15-9-13-6-7-14(18-13)10-17-12-5-3-4-11(8-12)16-2/h6-7,11-12,15H,3-5,8-10H2,1-2H3. The predicted molar refractivity (Wildman–Crippen MR) is 74.9 cm³/mol. The van der Waals surface area contributed by atoms with Crippen LogP contribution in [0.15, 0.2) is 12.1 Å².